The molecule has 0 aromatic carbocycles. The summed E-state index contributed by atoms with van der Waals surface area (Å²) in [7, 11) is 0. The molecular formula is C15H26N2. The topological polar surface area (TPSA) is 25.8 Å². The van der Waals surface area contributed by atoms with Gasteiger partial charge in [-0.05, 0) is 38.0 Å². The van der Waals surface area contributed by atoms with E-state index in [4.69, 9.17) is 9.97 Å². The normalized spacial score (nSPS) is 14.7. The van der Waals surface area contributed by atoms with Crippen LogP contribution in [0.5, 0.6) is 0 Å². The van der Waals surface area contributed by atoms with Gasteiger partial charge < -0.3 is 0 Å². The van der Waals surface area contributed by atoms with Crippen LogP contribution in [0.3, 0.4) is 0 Å². The van der Waals surface area contributed by atoms with Crippen LogP contribution in [0.25, 0.3) is 0 Å². The molecule has 0 saturated heterocycles. The van der Waals surface area contributed by atoms with Crippen molar-refractivity contribution in [2.24, 2.45) is 0 Å². The molecule has 1 rings (SSSR count). The summed E-state index contributed by atoms with van der Waals surface area (Å²) in [6, 6.07) is 0. The monoisotopic (exact) mass is 234 g/mol. The molecule has 1 aromatic heterocycles. The molecule has 2 atom stereocenters. The highest BCUT2D eigenvalue weighted by Gasteiger charge is 2.16. The molecule has 2 nitrogen and oxygen atoms in total. The van der Waals surface area contributed by atoms with Crippen molar-refractivity contribution in [1.29, 1.82) is 0 Å². The first-order valence-electron chi connectivity index (χ1n) is 6.92. The summed E-state index contributed by atoms with van der Waals surface area (Å²) in [6.07, 6.45) is 3.24. The SMILES string of the molecule is CCc1nc(C(C)CC)c(C)nc1C(C)CC. The van der Waals surface area contributed by atoms with Gasteiger partial charge in [0.2, 0.25) is 0 Å². The van der Waals surface area contributed by atoms with Gasteiger partial charge in [0.15, 0.2) is 0 Å². The molecule has 1 heterocycles. The number of aromatic nitrogens is 2. The zero-order valence-electron chi connectivity index (χ0n) is 12.2. The number of nitrogens with zero attached hydrogens (tertiary/aromatic N) is 2. The molecule has 17 heavy (non-hydrogen) atoms. The van der Waals surface area contributed by atoms with Crippen molar-refractivity contribution < 1.29 is 0 Å². The molecule has 1 aromatic rings. The van der Waals surface area contributed by atoms with Crippen LogP contribution in [0.4, 0.5) is 0 Å². The molecule has 0 fully saturated rings. The third-order valence-electron chi connectivity index (χ3n) is 3.70. The predicted octanol–water partition coefficient (Wildman–Crippen LogP) is 4.37. The Morgan fingerprint density at radius 1 is 0.882 bits per heavy atom. The highest BCUT2D eigenvalue weighted by Crippen LogP contribution is 2.25. The van der Waals surface area contributed by atoms with E-state index in [0.29, 0.717) is 11.8 Å². The van der Waals surface area contributed by atoms with E-state index in [9.17, 15) is 0 Å². The molecule has 0 aliphatic rings. The van der Waals surface area contributed by atoms with E-state index in [1.807, 2.05) is 0 Å². The Hall–Kier alpha value is -0.920. The van der Waals surface area contributed by atoms with Crippen molar-refractivity contribution in [3.05, 3.63) is 22.8 Å². The third-order valence-corrected chi connectivity index (χ3v) is 3.70. The van der Waals surface area contributed by atoms with Crippen LogP contribution in [-0.4, -0.2) is 9.97 Å². The van der Waals surface area contributed by atoms with Crippen LogP contribution in [0.1, 0.15) is 82.1 Å². The molecule has 2 unspecified atom stereocenters. The minimum Gasteiger partial charge on any atom is -0.254 e. The van der Waals surface area contributed by atoms with Gasteiger partial charge in [0.25, 0.3) is 0 Å². The van der Waals surface area contributed by atoms with Crippen molar-refractivity contribution in [3.8, 4) is 0 Å². The molecule has 0 N–H and O–H groups in total. The lowest BCUT2D eigenvalue weighted by atomic mass is 9.98. The Kier molecular flexibility index (Phi) is 5.10. The van der Waals surface area contributed by atoms with Gasteiger partial charge in [-0.25, -0.2) is 0 Å². The molecule has 0 aliphatic heterocycles. The van der Waals surface area contributed by atoms with Crippen molar-refractivity contribution in [2.45, 2.75) is 72.6 Å². The Morgan fingerprint density at radius 2 is 1.41 bits per heavy atom. The van der Waals surface area contributed by atoms with Crippen LogP contribution >= 0.6 is 0 Å². The lowest BCUT2D eigenvalue weighted by molar-refractivity contribution is 0.646. The smallest absolute Gasteiger partial charge is 0.0650 e. The molecule has 96 valence electrons. The quantitative estimate of drug-likeness (QED) is 0.756. The van der Waals surface area contributed by atoms with Crippen molar-refractivity contribution in [1.82, 2.24) is 9.97 Å². The molecule has 0 amide bonds. The first-order chi connectivity index (χ1) is 8.04. The van der Waals surface area contributed by atoms with Crippen molar-refractivity contribution >= 4 is 0 Å². The second-order valence-electron chi connectivity index (χ2n) is 5.00. The van der Waals surface area contributed by atoms with Gasteiger partial charge >= 0.3 is 0 Å². The lowest BCUT2D eigenvalue weighted by Gasteiger charge is -2.18. The fraction of sp³-hybridized carbons (Fsp3) is 0.733. The zero-order valence-corrected chi connectivity index (χ0v) is 12.2. The molecular weight excluding hydrogens is 208 g/mol. The van der Waals surface area contributed by atoms with E-state index >= 15 is 0 Å². The first-order valence-corrected chi connectivity index (χ1v) is 6.92. The van der Waals surface area contributed by atoms with Crippen LogP contribution < -0.4 is 0 Å². The molecule has 0 radical (unpaired) electrons. The zero-order chi connectivity index (χ0) is 13.0. The minimum atomic E-state index is 0.513. The predicted molar refractivity (Wildman–Crippen MR) is 73.6 cm³/mol. The van der Waals surface area contributed by atoms with Crippen LogP contribution in [-0.2, 0) is 6.42 Å². The average Bonchev–Trinajstić information content (AvgIpc) is 2.36. The van der Waals surface area contributed by atoms with Crippen LogP contribution in [0.15, 0.2) is 0 Å². The molecule has 2 heteroatoms. The van der Waals surface area contributed by atoms with E-state index in [-0.39, 0.29) is 0 Å². The number of rotatable bonds is 5. The van der Waals surface area contributed by atoms with E-state index in [2.05, 4.69) is 41.5 Å². The molecule has 0 spiro atoms. The highest BCUT2D eigenvalue weighted by molar-refractivity contribution is 5.24. The summed E-state index contributed by atoms with van der Waals surface area (Å²) in [5, 5.41) is 0. The summed E-state index contributed by atoms with van der Waals surface area (Å²) in [6.45, 7) is 13.2. The van der Waals surface area contributed by atoms with E-state index in [0.717, 1.165) is 25.0 Å². The number of aryl methyl sites for hydroxylation is 2. The summed E-state index contributed by atoms with van der Waals surface area (Å²) in [5.74, 6) is 1.03. The Balaban J connectivity index is 3.24. The van der Waals surface area contributed by atoms with Gasteiger partial charge in [0, 0.05) is 0 Å². The van der Waals surface area contributed by atoms with Gasteiger partial charge in [0.05, 0.1) is 22.8 Å². The maximum absolute atomic E-state index is 4.87. The molecule has 0 saturated carbocycles. The fourth-order valence-electron chi connectivity index (χ4n) is 2.09. The van der Waals surface area contributed by atoms with E-state index < -0.39 is 0 Å². The fourth-order valence-corrected chi connectivity index (χ4v) is 2.09. The van der Waals surface area contributed by atoms with Gasteiger partial charge in [-0.15, -0.1) is 0 Å². The first kappa shape index (κ1) is 14.1. The van der Waals surface area contributed by atoms with Crippen molar-refractivity contribution in [3.63, 3.8) is 0 Å². The van der Waals surface area contributed by atoms with Crippen LogP contribution in [0, 0.1) is 6.92 Å². The second-order valence-corrected chi connectivity index (χ2v) is 5.00. The van der Waals surface area contributed by atoms with Crippen LogP contribution in [0.2, 0.25) is 0 Å². The summed E-state index contributed by atoms with van der Waals surface area (Å²) < 4.78 is 0. The Labute approximate surface area is 106 Å². The number of hydrogen-bond donors (Lipinski definition) is 0. The molecule has 0 aliphatic carbocycles. The van der Waals surface area contributed by atoms with Gasteiger partial charge in [-0.2, -0.15) is 0 Å². The van der Waals surface area contributed by atoms with Gasteiger partial charge in [-0.1, -0.05) is 34.6 Å². The standard InChI is InChI=1S/C15H26N2/c1-7-10(4)14-12(6)16-15(11(5)8-2)13(9-3)17-14/h10-11H,7-9H2,1-6H3. The summed E-state index contributed by atoms with van der Waals surface area (Å²) in [4.78, 5) is 9.69. The van der Waals surface area contributed by atoms with Gasteiger partial charge in [0.1, 0.15) is 0 Å². The largest absolute Gasteiger partial charge is 0.254 e. The summed E-state index contributed by atoms with van der Waals surface area (Å²) in [5.41, 5.74) is 4.71. The maximum Gasteiger partial charge on any atom is 0.0650 e. The summed E-state index contributed by atoms with van der Waals surface area (Å²) >= 11 is 0. The highest BCUT2D eigenvalue weighted by atomic mass is 14.9. The average molecular weight is 234 g/mol. The van der Waals surface area contributed by atoms with Gasteiger partial charge in [-0.3, -0.25) is 9.97 Å². The minimum absolute atomic E-state index is 0.513. The molecule has 0 bridgehead atoms. The number of hydrogen-bond acceptors (Lipinski definition) is 2. The Bertz CT molecular complexity index is 371. The maximum atomic E-state index is 4.87. The second kappa shape index (κ2) is 6.13. The van der Waals surface area contributed by atoms with E-state index in [1.54, 1.807) is 0 Å². The third kappa shape index (κ3) is 3.05. The lowest BCUT2D eigenvalue weighted by Crippen LogP contribution is -2.11. The Morgan fingerprint density at radius 3 is 1.88 bits per heavy atom. The van der Waals surface area contributed by atoms with E-state index in [1.165, 1.54) is 17.1 Å². The van der Waals surface area contributed by atoms with Crippen molar-refractivity contribution in [2.75, 3.05) is 0 Å².